The van der Waals surface area contributed by atoms with Crippen molar-refractivity contribution < 1.29 is 22.2 Å². The van der Waals surface area contributed by atoms with Crippen molar-refractivity contribution in [2.45, 2.75) is 0 Å². The fourth-order valence-electron chi connectivity index (χ4n) is 5.31. The first kappa shape index (κ1) is 12.6. The highest BCUT2D eigenvalue weighted by Gasteiger charge is 2.18. The van der Waals surface area contributed by atoms with Crippen LogP contribution in [0.2, 0.25) is 0 Å². The van der Waals surface area contributed by atoms with Crippen molar-refractivity contribution in [3.63, 3.8) is 0 Å². The van der Waals surface area contributed by atoms with E-state index in [1.54, 1.807) is 36.4 Å². The summed E-state index contributed by atoms with van der Waals surface area (Å²) in [7, 11) is 0. The van der Waals surface area contributed by atoms with E-state index in [0.717, 1.165) is 5.39 Å². The third-order valence-corrected chi connectivity index (χ3v) is 6.98. The van der Waals surface area contributed by atoms with Crippen molar-refractivity contribution in [2.24, 2.45) is 0 Å². The number of hydrogen-bond donors (Lipinski definition) is 0. The van der Waals surface area contributed by atoms with E-state index in [4.69, 9.17) is 16.8 Å². The van der Waals surface area contributed by atoms with E-state index in [9.17, 15) is 5.48 Å². The SMILES string of the molecule is [2H]c1c([2H])c([2H])c(-c2cccc(-c3c4c([2H])c([2H])c([2H])c([2H])c4c(-c4ccc5oc6ccccc6c5c4)c4c([2H])c([2H])c([2H])c([2H])c34)c2)c([2H])c1[2H]. The maximum absolute atomic E-state index is 9.22. The van der Waals surface area contributed by atoms with Crippen LogP contribution in [0.5, 0.6) is 0 Å². The molecule has 0 bridgehead atoms. The zero-order valence-corrected chi connectivity index (χ0v) is 20.3. The minimum absolute atomic E-state index is 0.00566. The molecule has 182 valence electrons. The van der Waals surface area contributed by atoms with Crippen molar-refractivity contribution in [1.82, 2.24) is 0 Å². The molecule has 0 fully saturated rings. The second-order valence-electron chi connectivity index (χ2n) is 9.14. The van der Waals surface area contributed by atoms with Crippen LogP contribution in [0.15, 0.2) is 150 Å². The summed E-state index contributed by atoms with van der Waals surface area (Å²) in [4.78, 5) is 0. The monoisotopic (exact) mass is 509 g/mol. The standard InChI is InChI=1S/C38H24O/c1-2-11-25(12-3-1)26-13-10-14-27(23-26)37-30-16-4-6-18-32(30)38(33-19-7-5-17-31(33)37)28-21-22-36-34(24-28)29-15-8-9-20-35(29)39-36/h1-24H/i1D,2D,3D,4D,5D,6D,7D,11D,12D,16D,17D,18D,19D. The van der Waals surface area contributed by atoms with Gasteiger partial charge in [-0.1, -0.05) is 121 Å². The Morgan fingerprint density at radius 3 is 1.64 bits per heavy atom. The zero-order valence-electron chi connectivity index (χ0n) is 33.3. The first-order valence-corrected chi connectivity index (χ1v) is 12.3. The van der Waals surface area contributed by atoms with Gasteiger partial charge in [-0.15, -0.1) is 0 Å². The molecule has 0 aliphatic heterocycles. The van der Waals surface area contributed by atoms with Gasteiger partial charge in [0.15, 0.2) is 0 Å². The molecule has 0 spiro atoms. The fourth-order valence-corrected chi connectivity index (χ4v) is 5.31. The van der Waals surface area contributed by atoms with E-state index < -0.39 is 78.6 Å². The molecule has 0 atom stereocenters. The topological polar surface area (TPSA) is 13.1 Å². The van der Waals surface area contributed by atoms with Crippen molar-refractivity contribution in [1.29, 1.82) is 0 Å². The lowest BCUT2D eigenvalue weighted by Crippen LogP contribution is -1.91. The summed E-state index contributed by atoms with van der Waals surface area (Å²) in [5.74, 6) is 0. The maximum Gasteiger partial charge on any atom is 0.135 e. The number of furan rings is 1. The molecule has 7 aromatic carbocycles. The van der Waals surface area contributed by atoms with Crippen LogP contribution in [-0.2, 0) is 0 Å². The number of hydrogen-bond acceptors (Lipinski definition) is 1. The third-order valence-electron chi connectivity index (χ3n) is 6.98. The molecule has 1 aromatic heterocycles. The van der Waals surface area contributed by atoms with Crippen LogP contribution in [0, 0.1) is 0 Å². The Bertz CT molecular complexity index is 2780. The lowest BCUT2D eigenvalue weighted by atomic mass is 9.85. The molecule has 0 saturated carbocycles. The van der Waals surface area contributed by atoms with Gasteiger partial charge in [-0.2, -0.15) is 0 Å². The van der Waals surface area contributed by atoms with E-state index in [1.165, 1.54) is 6.07 Å². The number of fused-ring (bicyclic) bond motifs is 5. The minimum atomic E-state index is -0.559. The molecule has 0 radical (unpaired) electrons. The number of rotatable bonds is 3. The van der Waals surface area contributed by atoms with Crippen LogP contribution in [0.1, 0.15) is 17.8 Å². The molecule has 0 aliphatic carbocycles. The lowest BCUT2D eigenvalue weighted by Gasteiger charge is -2.18. The van der Waals surface area contributed by atoms with Gasteiger partial charge in [0.25, 0.3) is 0 Å². The second-order valence-corrected chi connectivity index (χ2v) is 9.14. The summed E-state index contributed by atoms with van der Waals surface area (Å²) in [6.07, 6.45) is 0. The third kappa shape index (κ3) is 3.48. The number of para-hydroxylation sites is 1. The van der Waals surface area contributed by atoms with Gasteiger partial charge in [0, 0.05) is 10.8 Å². The second kappa shape index (κ2) is 8.72. The van der Waals surface area contributed by atoms with E-state index in [-0.39, 0.29) is 49.4 Å². The Hall–Kier alpha value is -5.14. The zero-order chi connectivity index (χ0) is 37.1. The average molecular weight is 510 g/mol. The molecule has 0 saturated heterocycles. The summed E-state index contributed by atoms with van der Waals surface area (Å²) in [5.41, 5.74) is 2.24. The molecule has 8 rings (SSSR count). The molecule has 0 unspecified atom stereocenters. The van der Waals surface area contributed by atoms with Gasteiger partial charge >= 0.3 is 0 Å². The van der Waals surface area contributed by atoms with Crippen LogP contribution in [-0.4, -0.2) is 0 Å². The van der Waals surface area contributed by atoms with Gasteiger partial charge in [-0.05, 0) is 79.2 Å². The smallest absolute Gasteiger partial charge is 0.135 e. The van der Waals surface area contributed by atoms with Gasteiger partial charge in [-0.25, -0.2) is 0 Å². The first-order chi connectivity index (χ1) is 24.7. The van der Waals surface area contributed by atoms with Crippen molar-refractivity contribution >= 4 is 43.5 Å². The summed E-state index contributed by atoms with van der Waals surface area (Å²) in [5, 5.41) is 1.53. The summed E-state index contributed by atoms with van der Waals surface area (Å²) in [6, 6.07) is 12.4. The highest BCUT2D eigenvalue weighted by atomic mass is 16.3. The molecule has 39 heavy (non-hydrogen) atoms. The summed E-state index contributed by atoms with van der Waals surface area (Å²) in [6.45, 7) is 0. The molecule has 8 aromatic rings. The van der Waals surface area contributed by atoms with Crippen LogP contribution >= 0.6 is 0 Å². The molecule has 0 aliphatic rings. The molecule has 1 heteroatoms. The molecular weight excluding hydrogens is 472 g/mol. The van der Waals surface area contributed by atoms with Crippen LogP contribution in [0.25, 0.3) is 76.9 Å². The van der Waals surface area contributed by atoms with Gasteiger partial charge in [0.1, 0.15) is 11.2 Å². The normalized spacial score (nSPS) is 16.3. The Labute approximate surface area is 244 Å². The predicted molar refractivity (Wildman–Crippen MR) is 165 cm³/mol. The van der Waals surface area contributed by atoms with Crippen LogP contribution in [0.4, 0.5) is 0 Å². The van der Waals surface area contributed by atoms with E-state index >= 15 is 0 Å². The maximum atomic E-state index is 9.22. The Morgan fingerprint density at radius 1 is 0.385 bits per heavy atom. The Balaban J connectivity index is 1.60. The Morgan fingerprint density at radius 2 is 0.949 bits per heavy atom. The van der Waals surface area contributed by atoms with Gasteiger partial charge in [-0.3, -0.25) is 0 Å². The number of benzene rings is 7. The highest BCUT2D eigenvalue weighted by molar-refractivity contribution is 6.22. The fraction of sp³-hybridized carbons (Fsp3) is 0. The quantitative estimate of drug-likeness (QED) is 0.216. The first-order valence-electron chi connectivity index (χ1n) is 18.8. The van der Waals surface area contributed by atoms with E-state index in [2.05, 4.69) is 0 Å². The molecular formula is C38H24O. The van der Waals surface area contributed by atoms with Gasteiger partial charge in [0.2, 0.25) is 0 Å². The van der Waals surface area contributed by atoms with Gasteiger partial charge in [0.05, 0.1) is 17.8 Å². The molecule has 0 N–H and O–H groups in total. The van der Waals surface area contributed by atoms with Crippen molar-refractivity contribution in [3.05, 3.63) is 145 Å². The van der Waals surface area contributed by atoms with Crippen LogP contribution < -0.4 is 0 Å². The summed E-state index contributed by atoms with van der Waals surface area (Å²) < 4.78 is 119. The highest BCUT2D eigenvalue weighted by Crippen LogP contribution is 2.45. The van der Waals surface area contributed by atoms with Gasteiger partial charge < -0.3 is 4.42 Å². The summed E-state index contributed by atoms with van der Waals surface area (Å²) >= 11 is 0. The molecule has 1 heterocycles. The van der Waals surface area contributed by atoms with Crippen molar-refractivity contribution in [2.75, 3.05) is 0 Å². The average Bonchev–Trinajstić information content (AvgIpc) is 3.53. The van der Waals surface area contributed by atoms with E-state index in [0.29, 0.717) is 22.1 Å². The molecule has 1 nitrogen and oxygen atoms in total. The molecule has 0 amide bonds. The van der Waals surface area contributed by atoms with Crippen LogP contribution in [0.3, 0.4) is 0 Å². The van der Waals surface area contributed by atoms with E-state index in [1.807, 2.05) is 24.3 Å². The lowest BCUT2D eigenvalue weighted by molar-refractivity contribution is 0.669. The Kier molecular flexibility index (Phi) is 2.82. The minimum Gasteiger partial charge on any atom is -0.456 e. The van der Waals surface area contributed by atoms with Crippen molar-refractivity contribution in [3.8, 4) is 33.4 Å². The predicted octanol–water partition coefficient (Wildman–Crippen LogP) is 10.9. The largest absolute Gasteiger partial charge is 0.456 e.